The van der Waals surface area contributed by atoms with Crippen molar-refractivity contribution in [3.8, 4) is 5.75 Å². The van der Waals surface area contributed by atoms with Crippen molar-refractivity contribution in [1.29, 1.82) is 0 Å². The van der Waals surface area contributed by atoms with E-state index in [2.05, 4.69) is 15.2 Å². The molecule has 0 bridgehead atoms. The van der Waals surface area contributed by atoms with Gasteiger partial charge in [0.05, 0.1) is 16.2 Å². The third-order valence-electron chi connectivity index (χ3n) is 7.32. The Morgan fingerprint density at radius 1 is 0.952 bits per heavy atom. The first-order valence-electron chi connectivity index (χ1n) is 13.8. The molecule has 3 N–H and O–H groups in total. The molecular weight excluding hydrogens is 556 g/mol. The number of ether oxygens (including phenoxy) is 1. The number of nitrogens with zero attached hydrogens (tertiary/aromatic N) is 3. The summed E-state index contributed by atoms with van der Waals surface area (Å²) < 4.78 is 5.99. The van der Waals surface area contributed by atoms with E-state index in [0.29, 0.717) is 43.6 Å². The van der Waals surface area contributed by atoms with Crippen LogP contribution in [0.4, 0.5) is 5.69 Å². The number of anilines is 1. The summed E-state index contributed by atoms with van der Waals surface area (Å²) in [5, 5.41) is 25.1. The average Bonchev–Trinajstić information content (AvgIpc) is 3.02. The maximum Gasteiger partial charge on any atom is 0.254 e. The van der Waals surface area contributed by atoms with Gasteiger partial charge in [-0.25, -0.2) is 0 Å². The summed E-state index contributed by atoms with van der Waals surface area (Å²) in [5.41, 5.74) is 4.53. The average molecular weight is 589 g/mol. The number of aliphatic hydroxyl groups excluding tert-OH is 2. The van der Waals surface area contributed by atoms with Crippen molar-refractivity contribution in [2.45, 2.75) is 32.3 Å². The van der Waals surface area contributed by atoms with Gasteiger partial charge in [0, 0.05) is 49.4 Å². The van der Waals surface area contributed by atoms with Gasteiger partial charge in [0.15, 0.2) is 12.2 Å². The maximum absolute atomic E-state index is 12.8. The monoisotopic (exact) mass is 588 g/mol. The molecule has 3 aromatic carbocycles. The molecule has 218 valence electrons. The SMILES string of the molecule is Cc1cc(COc2ccc(CNC(=O)[C@H](O)[C@@H](O)C(=O)N3CCN(c4ccccc4Cl)CC3)cc2)c2ccccc2n1. The van der Waals surface area contributed by atoms with Crippen molar-refractivity contribution in [1.82, 2.24) is 15.2 Å². The maximum atomic E-state index is 12.8. The van der Waals surface area contributed by atoms with Gasteiger partial charge in [0.2, 0.25) is 0 Å². The van der Waals surface area contributed by atoms with E-state index in [0.717, 1.165) is 33.4 Å². The number of hydrogen-bond acceptors (Lipinski definition) is 7. The van der Waals surface area contributed by atoms with Gasteiger partial charge in [-0.1, -0.05) is 54.1 Å². The van der Waals surface area contributed by atoms with Gasteiger partial charge in [0.25, 0.3) is 11.8 Å². The predicted molar refractivity (Wildman–Crippen MR) is 161 cm³/mol. The number of piperazine rings is 1. The summed E-state index contributed by atoms with van der Waals surface area (Å²) >= 11 is 6.28. The lowest BCUT2D eigenvalue weighted by molar-refractivity contribution is -0.153. The zero-order chi connectivity index (χ0) is 29.6. The third-order valence-corrected chi connectivity index (χ3v) is 7.64. The van der Waals surface area contributed by atoms with Gasteiger partial charge < -0.3 is 30.1 Å². The van der Waals surface area contributed by atoms with Crippen molar-refractivity contribution in [2.24, 2.45) is 0 Å². The quantitative estimate of drug-likeness (QED) is 0.274. The smallest absolute Gasteiger partial charge is 0.254 e. The Hall–Kier alpha value is -4.18. The molecule has 1 saturated heterocycles. The van der Waals surface area contributed by atoms with Crippen LogP contribution in [0.3, 0.4) is 0 Å². The molecule has 1 aliphatic rings. The van der Waals surface area contributed by atoms with E-state index in [4.69, 9.17) is 16.3 Å². The number of carbonyl (C=O) groups excluding carboxylic acids is 2. The third kappa shape index (κ3) is 6.82. The first-order chi connectivity index (χ1) is 20.3. The minimum Gasteiger partial charge on any atom is -0.489 e. The highest BCUT2D eigenvalue weighted by atomic mass is 35.5. The fraction of sp³-hybridized carbons (Fsp3) is 0.281. The van der Waals surface area contributed by atoms with E-state index in [1.165, 1.54) is 4.90 Å². The van der Waals surface area contributed by atoms with E-state index in [1.807, 2.05) is 61.5 Å². The van der Waals surface area contributed by atoms with E-state index in [9.17, 15) is 19.8 Å². The summed E-state index contributed by atoms with van der Waals surface area (Å²) in [7, 11) is 0. The Morgan fingerprint density at radius 2 is 1.64 bits per heavy atom. The number of amides is 2. The summed E-state index contributed by atoms with van der Waals surface area (Å²) in [6.07, 6.45) is -3.75. The minimum atomic E-state index is -1.89. The number of fused-ring (bicyclic) bond motifs is 1. The van der Waals surface area contributed by atoms with Crippen LogP contribution in [0, 0.1) is 6.92 Å². The molecule has 0 spiro atoms. The molecule has 2 atom stereocenters. The number of para-hydroxylation sites is 2. The summed E-state index contributed by atoms with van der Waals surface area (Å²) in [5.74, 6) is -0.847. The van der Waals surface area contributed by atoms with Crippen LogP contribution in [0.15, 0.2) is 78.9 Å². The van der Waals surface area contributed by atoms with Crippen LogP contribution in [-0.2, 0) is 22.7 Å². The highest BCUT2D eigenvalue weighted by Gasteiger charge is 2.34. The zero-order valence-corrected chi connectivity index (χ0v) is 24.0. The van der Waals surface area contributed by atoms with E-state index >= 15 is 0 Å². The molecule has 2 heterocycles. The second-order valence-electron chi connectivity index (χ2n) is 10.2. The van der Waals surface area contributed by atoms with Gasteiger partial charge in [-0.3, -0.25) is 14.6 Å². The van der Waals surface area contributed by atoms with Crippen LogP contribution >= 0.6 is 11.6 Å². The van der Waals surface area contributed by atoms with E-state index in [1.54, 1.807) is 24.3 Å². The first kappa shape index (κ1) is 29.3. The fourth-order valence-corrected chi connectivity index (χ4v) is 5.27. The number of rotatable bonds is 9. The number of carbonyl (C=O) groups is 2. The second kappa shape index (κ2) is 13.2. The van der Waals surface area contributed by atoms with Gasteiger partial charge in [-0.2, -0.15) is 0 Å². The molecule has 42 heavy (non-hydrogen) atoms. The molecule has 0 unspecified atom stereocenters. The molecule has 2 amide bonds. The number of benzene rings is 3. The molecule has 1 aromatic heterocycles. The number of hydrogen-bond donors (Lipinski definition) is 3. The lowest BCUT2D eigenvalue weighted by atomic mass is 10.1. The molecule has 1 aliphatic heterocycles. The van der Waals surface area contributed by atoms with Gasteiger partial charge in [-0.15, -0.1) is 0 Å². The lowest BCUT2D eigenvalue weighted by Gasteiger charge is -2.37. The van der Waals surface area contributed by atoms with Crippen LogP contribution in [0.25, 0.3) is 10.9 Å². The normalized spacial score (nSPS) is 14.9. The Bertz CT molecular complexity index is 1560. The molecule has 0 saturated carbocycles. The van der Waals surface area contributed by atoms with Crippen LogP contribution in [0.5, 0.6) is 5.75 Å². The summed E-state index contributed by atoms with van der Waals surface area (Å²) in [6, 6.07) is 24.6. The Balaban J connectivity index is 1.09. The topological polar surface area (TPSA) is 115 Å². The molecule has 4 aromatic rings. The van der Waals surface area contributed by atoms with Gasteiger partial charge >= 0.3 is 0 Å². The second-order valence-corrected chi connectivity index (χ2v) is 10.7. The number of nitrogens with one attached hydrogen (secondary N) is 1. The highest BCUT2D eigenvalue weighted by Crippen LogP contribution is 2.26. The van der Waals surface area contributed by atoms with E-state index in [-0.39, 0.29) is 6.54 Å². The van der Waals surface area contributed by atoms with Crippen LogP contribution < -0.4 is 15.0 Å². The molecular formula is C32H33ClN4O5. The zero-order valence-electron chi connectivity index (χ0n) is 23.2. The predicted octanol–water partition coefficient (Wildman–Crippen LogP) is 3.46. The number of pyridine rings is 1. The number of aryl methyl sites for hydroxylation is 1. The van der Waals surface area contributed by atoms with Crippen LogP contribution in [0.2, 0.25) is 5.02 Å². The lowest BCUT2D eigenvalue weighted by Crippen LogP contribution is -2.55. The standard InChI is InChI=1S/C32H33ClN4O5/c1-21-18-23(25-6-2-4-8-27(25)35-21)20-42-24-12-10-22(11-13-24)19-34-31(40)29(38)30(39)32(41)37-16-14-36(15-17-37)28-9-5-3-7-26(28)33/h2-13,18,29-30,38-39H,14-17,19-20H2,1H3,(H,34,40)/t29-,30-/m1/s1. The first-order valence-corrected chi connectivity index (χ1v) is 14.2. The molecule has 1 fully saturated rings. The Morgan fingerprint density at radius 3 is 2.38 bits per heavy atom. The largest absolute Gasteiger partial charge is 0.489 e. The van der Waals surface area contributed by atoms with Crippen molar-refractivity contribution in [3.05, 3.63) is 101 Å². The minimum absolute atomic E-state index is 0.113. The number of aromatic nitrogens is 1. The number of aliphatic hydroxyl groups is 2. The van der Waals surface area contributed by atoms with Crippen LogP contribution in [-0.4, -0.2) is 70.3 Å². The van der Waals surface area contributed by atoms with Crippen molar-refractivity contribution >= 4 is 40.0 Å². The molecule has 0 radical (unpaired) electrons. The Kier molecular flexibility index (Phi) is 9.22. The van der Waals surface area contributed by atoms with Crippen molar-refractivity contribution < 1.29 is 24.5 Å². The fourth-order valence-electron chi connectivity index (χ4n) is 5.01. The van der Waals surface area contributed by atoms with Gasteiger partial charge in [-0.05, 0) is 48.9 Å². The van der Waals surface area contributed by atoms with Crippen molar-refractivity contribution in [3.63, 3.8) is 0 Å². The summed E-state index contributed by atoms with van der Waals surface area (Å²) in [6.45, 7) is 4.15. The highest BCUT2D eigenvalue weighted by molar-refractivity contribution is 6.33. The molecule has 9 nitrogen and oxygen atoms in total. The summed E-state index contributed by atoms with van der Waals surface area (Å²) in [4.78, 5) is 33.4. The molecule has 5 rings (SSSR count). The Labute approximate surface area is 249 Å². The van der Waals surface area contributed by atoms with E-state index < -0.39 is 24.0 Å². The molecule has 0 aliphatic carbocycles. The number of halogens is 1. The van der Waals surface area contributed by atoms with Crippen LogP contribution in [0.1, 0.15) is 16.8 Å². The van der Waals surface area contributed by atoms with Crippen molar-refractivity contribution in [2.75, 3.05) is 31.1 Å². The molecule has 10 heteroatoms. The van der Waals surface area contributed by atoms with Gasteiger partial charge in [0.1, 0.15) is 12.4 Å².